The molecule has 0 saturated carbocycles. The van der Waals surface area contributed by atoms with E-state index in [4.69, 9.17) is 11.6 Å². The Balaban J connectivity index is 1.99. The van der Waals surface area contributed by atoms with E-state index in [1.165, 1.54) is 40.6 Å². The molecule has 1 nitrogen and oxygen atoms in total. The number of H-pyrrole nitrogens is 1. The molecule has 2 heteroatoms. The van der Waals surface area contributed by atoms with E-state index in [1.54, 1.807) is 0 Å². The summed E-state index contributed by atoms with van der Waals surface area (Å²) in [7, 11) is 0. The topological polar surface area (TPSA) is 15.8 Å². The van der Waals surface area contributed by atoms with E-state index < -0.39 is 0 Å². The van der Waals surface area contributed by atoms with Crippen molar-refractivity contribution < 1.29 is 0 Å². The predicted octanol–water partition coefficient (Wildman–Crippen LogP) is 5.75. The molecule has 0 saturated heterocycles. The van der Waals surface area contributed by atoms with Crippen LogP contribution in [0.2, 0.25) is 5.02 Å². The molecular weight excluding hydrogens is 278 g/mol. The summed E-state index contributed by atoms with van der Waals surface area (Å²) in [6, 6.07) is 16.9. The Bertz CT molecular complexity index is 728. The maximum absolute atomic E-state index is 6.45. The van der Waals surface area contributed by atoms with E-state index in [9.17, 15) is 0 Å². The first-order chi connectivity index (χ1) is 10.3. The number of fused-ring (bicyclic) bond motifs is 1. The van der Waals surface area contributed by atoms with Gasteiger partial charge in [0.05, 0.1) is 0 Å². The molecule has 3 rings (SSSR count). The highest BCUT2D eigenvalue weighted by Gasteiger charge is 2.10. The summed E-state index contributed by atoms with van der Waals surface area (Å²) >= 11 is 6.45. The van der Waals surface area contributed by atoms with E-state index in [0.717, 1.165) is 17.9 Å². The normalized spacial score (nSPS) is 11.1. The van der Waals surface area contributed by atoms with Crippen molar-refractivity contribution in [3.63, 3.8) is 0 Å². The van der Waals surface area contributed by atoms with Crippen LogP contribution in [0.3, 0.4) is 0 Å². The number of rotatable bonds is 5. The molecule has 0 radical (unpaired) electrons. The molecule has 0 aliphatic heterocycles. The SMILES string of the molecule is CCCCc1cc2c(Cc3ccccc3)c(Cl)ccc2[nH]1. The van der Waals surface area contributed by atoms with Crippen LogP contribution in [0.15, 0.2) is 48.5 Å². The van der Waals surface area contributed by atoms with Gasteiger partial charge in [-0.25, -0.2) is 0 Å². The Morgan fingerprint density at radius 2 is 1.86 bits per heavy atom. The molecular formula is C19H20ClN. The van der Waals surface area contributed by atoms with Gasteiger partial charge in [-0.3, -0.25) is 0 Å². The summed E-state index contributed by atoms with van der Waals surface area (Å²) in [5, 5.41) is 2.12. The lowest BCUT2D eigenvalue weighted by Crippen LogP contribution is -1.90. The van der Waals surface area contributed by atoms with Gasteiger partial charge < -0.3 is 4.98 Å². The maximum atomic E-state index is 6.45. The molecule has 108 valence electrons. The van der Waals surface area contributed by atoms with Crippen LogP contribution in [0.25, 0.3) is 10.9 Å². The molecule has 0 fully saturated rings. The van der Waals surface area contributed by atoms with Crippen LogP contribution in [0.1, 0.15) is 36.6 Å². The standard InChI is InChI=1S/C19H20ClN/c1-2-3-9-15-13-17-16(12-14-7-5-4-6-8-14)18(20)10-11-19(17)21-15/h4-8,10-11,13,21H,2-3,9,12H2,1H3. The summed E-state index contributed by atoms with van der Waals surface area (Å²) in [5.41, 5.74) is 5.02. The van der Waals surface area contributed by atoms with Crippen LogP contribution in [-0.2, 0) is 12.8 Å². The maximum Gasteiger partial charge on any atom is 0.0460 e. The zero-order chi connectivity index (χ0) is 14.7. The van der Waals surface area contributed by atoms with Crippen molar-refractivity contribution in [2.24, 2.45) is 0 Å². The third-order valence-corrected chi connectivity index (χ3v) is 4.29. The van der Waals surface area contributed by atoms with Crippen molar-refractivity contribution in [1.82, 2.24) is 4.98 Å². The van der Waals surface area contributed by atoms with Crippen molar-refractivity contribution in [2.45, 2.75) is 32.6 Å². The minimum absolute atomic E-state index is 0.854. The number of aromatic amines is 1. The van der Waals surface area contributed by atoms with Gasteiger partial charge in [-0.1, -0.05) is 55.3 Å². The number of halogens is 1. The van der Waals surface area contributed by atoms with E-state index in [-0.39, 0.29) is 0 Å². The van der Waals surface area contributed by atoms with Gasteiger partial charge in [0.15, 0.2) is 0 Å². The van der Waals surface area contributed by atoms with Crippen molar-refractivity contribution in [3.8, 4) is 0 Å². The molecule has 0 amide bonds. The van der Waals surface area contributed by atoms with Crippen LogP contribution in [0.5, 0.6) is 0 Å². The Morgan fingerprint density at radius 1 is 1.05 bits per heavy atom. The predicted molar refractivity (Wildman–Crippen MR) is 91.2 cm³/mol. The molecule has 1 N–H and O–H groups in total. The zero-order valence-electron chi connectivity index (χ0n) is 12.3. The number of hydrogen-bond donors (Lipinski definition) is 1. The quantitative estimate of drug-likeness (QED) is 0.616. The Kier molecular flexibility index (Phi) is 4.31. The molecule has 0 spiro atoms. The summed E-state index contributed by atoms with van der Waals surface area (Å²) in [4.78, 5) is 3.53. The first-order valence-corrected chi connectivity index (χ1v) is 7.98. The third-order valence-electron chi connectivity index (χ3n) is 3.94. The summed E-state index contributed by atoms with van der Waals surface area (Å²) in [6.07, 6.45) is 4.41. The molecule has 0 aliphatic rings. The monoisotopic (exact) mass is 297 g/mol. The Labute approximate surface area is 131 Å². The molecule has 0 unspecified atom stereocenters. The molecule has 3 aromatic rings. The van der Waals surface area contributed by atoms with Gasteiger partial charge >= 0.3 is 0 Å². The van der Waals surface area contributed by atoms with Gasteiger partial charge in [-0.15, -0.1) is 0 Å². The van der Waals surface area contributed by atoms with Gasteiger partial charge in [0.25, 0.3) is 0 Å². The fraction of sp³-hybridized carbons (Fsp3) is 0.263. The van der Waals surface area contributed by atoms with Gasteiger partial charge in [-0.05, 0) is 48.6 Å². The lowest BCUT2D eigenvalue weighted by molar-refractivity contribution is 0.782. The highest BCUT2D eigenvalue weighted by Crippen LogP contribution is 2.29. The number of aromatic nitrogens is 1. The average molecular weight is 298 g/mol. The lowest BCUT2D eigenvalue weighted by Gasteiger charge is -2.06. The average Bonchev–Trinajstić information content (AvgIpc) is 2.92. The summed E-state index contributed by atoms with van der Waals surface area (Å²) in [5.74, 6) is 0. The molecule has 2 aromatic carbocycles. The van der Waals surface area contributed by atoms with Gasteiger partial charge in [0.1, 0.15) is 0 Å². The van der Waals surface area contributed by atoms with E-state index in [0.29, 0.717) is 0 Å². The first-order valence-electron chi connectivity index (χ1n) is 7.61. The van der Waals surface area contributed by atoms with Gasteiger partial charge in [0, 0.05) is 21.6 Å². The fourth-order valence-corrected chi connectivity index (χ4v) is 3.01. The largest absolute Gasteiger partial charge is 0.358 e. The highest BCUT2D eigenvalue weighted by atomic mass is 35.5. The smallest absolute Gasteiger partial charge is 0.0460 e. The third kappa shape index (κ3) is 3.14. The van der Waals surface area contributed by atoms with Crippen LogP contribution in [0.4, 0.5) is 0 Å². The summed E-state index contributed by atoms with van der Waals surface area (Å²) in [6.45, 7) is 2.22. The lowest BCUT2D eigenvalue weighted by atomic mass is 10.0. The second kappa shape index (κ2) is 6.36. The number of unbranched alkanes of at least 4 members (excludes halogenated alkanes) is 1. The van der Waals surface area contributed by atoms with Crippen LogP contribution in [0, 0.1) is 0 Å². The minimum Gasteiger partial charge on any atom is -0.358 e. The van der Waals surface area contributed by atoms with Gasteiger partial charge in [0.2, 0.25) is 0 Å². The van der Waals surface area contributed by atoms with Crippen LogP contribution >= 0.6 is 11.6 Å². The van der Waals surface area contributed by atoms with Crippen molar-refractivity contribution in [3.05, 3.63) is 70.4 Å². The van der Waals surface area contributed by atoms with Crippen molar-refractivity contribution >= 4 is 22.5 Å². The second-order valence-electron chi connectivity index (χ2n) is 5.55. The minimum atomic E-state index is 0.854. The van der Waals surface area contributed by atoms with Crippen LogP contribution in [-0.4, -0.2) is 4.98 Å². The first kappa shape index (κ1) is 14.2. The summed E-state index contributed by atoms with van der Waals surface area (Å²) < 4.78 is 0. The second-order valence-corrected chi connectivity index (χ2v) is 5.95. The number of hydrogen-bond acceptors (Lipinski definition) is 0. The number of aryl methyl sites for hydroxylation is 1. The molecule has 21 heavy (non-hydrogen) atoms. The van der Waals surface area contributed by atoms with Gasteiger partial charge in [-0.2, -0.15) is 0 Å². The highest BCUT2D eigenvalue weighted by molar-refractivity contribution is 6.32. The Hall–Kier alpha value is -1.73. The van der Waals surface area contributed by atoms with Crippen LogP contribution < -0.4 is 0 Å². The van der Waals surface area contributed by atoms with E-state index in [2.05, 4.69) is 48.3 Å². The fourth-order valence-electron chi connectivity index (χ4n) is 2.78. The zero-order valence-corrected chi connectivity index (χ0v) is 13.1. The van der Waals surface area contributed by atoms with Crippen molar-refractivity contribution in [2.75, 3.05) is 0 Å². The molecule has 0 aliphatic carbocycles. The van der Waals surface area contributed by atoms with E-state index >= 15 is 0 Å². The Morgan fingerprint density at radius 3 is 2.62 bits per heavy atom. The van der Waals surface area contributed by atoms with Crippen molar-refractivity contribution in [1.29, 1.82) is 0 Å². The molecule has 1 aromatic heterocycles. The molecule has 0 atom stereocenters. The number of nitrogens with one attached hydrogen (secondary N) is 1. The van der Waals surface area contributed by atoms with E-state index in [1.807, 2.05) is 12.1 Å². The molecule has 1 heterocycles. The number of benzene rings is 2. The molecule has 0 bridgehead atoms.